The van der Waals surface area contributed by atoms with Gasteiger partial charge in [-0.1, -0.05) is 20.8 Å². The van der Waals surface area contributed by atoms with Gasteiger partial charge in [0, 0.05) is 10.7 Å². The van der Waals surface area contributed by atoms with E-state index in [0.717, 1.165) is 12.1 Å². The molecule has 124 valence electrons. The fourth-order valence-electron chi connectivity index (χ4n) is 1.57. The largest absolute Gasteiger partial charge is 0.402 e. The lowest BCUT2D eigenvalue weighted by Gasteiger charge is -2.20. The summed E-state index contributed by atoms with van der Waals surface area (Å²) in [4.78, 5) is 12.2. The summed E-state index contributed by atoms with van der Waals surface area (Å²) in [6.07, 6.45) is -4.53. The predicted octanol–water partition coefficient (Wildman–Crippen LogP) is 2.73. The number of halogens is 4. The van der Waals surface area contributed by atoms with Crippen molar-refractivity contribution in [2.45, 2.75) is 31.8 Å². The number of ketones is 1. The molecule has 1 aromatic carbocycles. The molecule has 0 saturated heterocycles. The second-order valence-corrected chi connectivity index (χ2v) is 7.46. The molecule has 0 fully saturated rings. The first-order valence-electron chi connectivity index (χ1n) is 6.19. The number of hydrogen-bond donors (Lipinski definition) is 1. The van der Waals surface area contributed by atoms with Crippen LogP contribution in [0.3, 0.4) is 0 Å². The molecule has 1 rings (SSSR count). The summed E-state index contributed by atoms with van der Waals surface area (Å²) in [6, 6.07) is 2.02. The lowest BCUT2D eigenvalue weighted by Crippen LogP contribution is -2.33. The van der Waals surface area contributed by atoms with Crippen molar-refractivity contribution < 1.29 is 26.6 Å². The van der Waals surface area contributed by atoms with Gasteiger partial charge in [0.2, 0.25) is 0 Å². The first kappa shape index (κ1) is 19.2. The van der Waals surface area contributed by atoms with Crippen LogP contribution in [0.4, 0.5) is 17.6 Å². The molecular weight excluding hydrogens is 341 g/mol. The molecule has 3 nitrogen and oxygen atoms in total. The second-order valence-electron chi connectivity index (χ2n) is 5.62. The third-order valence-corrected chi connectivity index (χ3v) is 4.64. The maximum absolute atomic E-state index is 13.9. The van der Waals surface area contributed by atoms with Gasteiger partial charge in [-0.15, -0.1) is 9.24 Å². The van der Waals surface area contributed by atoms with Crippen LogP contribution in [-0.2, 0) is 11.0 Å². The van der Waals surface area contributed by atoms with E-state index in [0.29, 0.717) is 0 Å². The van der Waals surface area contributed by atoms with Crippen LogP contribution in [0.15, 0.2) is 17.0 Å². The highest BCUT2D eigenvalue weighted by atomic mass is 32.2. The van der Waals surface area contributed by atoms with Gasteiger partial charge in [0.1, 0.15) is 23.3 Å². The third kappa shape index (κ3) is 4.83. The van der Waals surface area contributed by atoms with Crippen molar-refractivity contribution in [3.8, 4) is 0 Å². The van der Waals surface area contributed by atoms with E-state index in [1.165, 1.54) is 0 Å². The van der Waals surface area contributed by atoms with E-state index in [-0.39, 0.29) is 15.8 Å². The number of alkyl halides is 3. The molecule has 0 bridgehead atoms. The summed E-state index contributed by atoms with van der Waals surface area (Å²) in [5.41, 5.74) is -1.16. The topological polar surface area (TPSA) is 46.2 Å². The highest BCUT2D eigenvalue weighted by Crippen LogP contribution is 2.24. The molecule has 0 heterocycles. The van der Waals surface area contributed by atoms with Crippen LogP contribution in [0.1, 0.15) is 31.1 Å². The van der Waals surface area contributed by atoms with Gasteiger partial charge in [-0.05, 0) is 12.1 Å². The molecule has 0 radical (unpaired) electrons. The maximum Gasteiger partial charge on any atom is 0.402 e. The number of hydrogen-bond acceptors (Lipinski definition) is 2. The van der Waals surface area contributed by atoms with Crippen molar-refractivity contribution in [2.24, 2.45) is 5.41 Å². The number of rotatable bonds is 4. The molecule has 0 saturated carbocycles. The van der Waals surface area contributed by atoms with Crippen LogP contribution in [-0.4, -0.2) is 22.7 Å². The Kier molecular flexibility index (Phi) is 5.87. The Hall–Kier alpha value is -0.850. The number of carbonyl (C=O) groups excluding carboxylic acids is 1. The Balaban J connectivity index is 3.20. The summed E-state index contributed by atoms with van der Waals surface area (Å²) in [5.74, 6) is -1.33. The van der Waals surface area contributed by atoms with Crippen LogP contribution in [0.5, 0.6) is 0 Å². The van der Waals surface area contributed by atoms with Crippen molar-refractivity contribution in [3.05, 3.63) is 23.5 Å². The molecule has 0 spiro atoms. The van der Waals surface area contributed by atoms with Gasteiger partial charge < -0.3 is 0 Å². The second kappa shape index (κ2) is 6.72. The molecule has 1 aromatic rings. The van der Waals surface area contributed by atoms with Gasteiger partial charge >= 0.3 is 6.18 Å². The first-order chi connectivity index (χ1) is 9.84. The van der Waals surface area contributed by atoms with Gasteiger partial charge in [-0.3, -0.25) is 4.79 Å². The fraction of sp³-hybridized carbons (Fsp3) is 0.462. The van der Waals surface area contributed by atoms with Crippen LogP contribution in [0.25, 0.3) is 0 Å². The van der Waals surface area contributed by atoms with E-state index in [9.17, 15) is 26.6 Å². The van der Waals surface area contributed by atoms with E-state index < -0.39 is 40.7 Å². The third-order valence-electron chi connectivity index (χ3n) is 2.67. The number of Topliss-reactive ketones (excluding diaryl/α,β-unsaturated/α-hetero) is 1. The molecule has 9 heteroatoms. The first-order valence-corrected chi connectivity index (χ1v) is 7.92. The van der Waals surface area contributed by atoms with E-state index in [1.54, 1.807) is 25.5 Å². The van der Waals surface area contributed by atoms with Crippen molar-refractivity contribution in [1.29, 1.82) is 0 Å². The van der Waals surface area contributed by atoms with E-state index in [4.69, 9.17) is 0 Å². The average molecular weight is 357 g/mol. The van der Waals surface area contributed by atoms with Gasteiger partial charge in [0.25, 0.3) is 0 Å². The van der Waals surface area contributed by atoms with Gasteiger partial charge in [0.15, 0.2) is 5.78 Å². The highest BCUT2D eigenvalue weighted by molar-refractivity contribution is 7.83. The number of carbonyl (C=O) groups is 1. The van der Waals surface area contributed by atoms with Crippen molar-refractivity contribution in [2.75, 3.05) is 6.54 Å². The molecule has 22 heavy (non-hydrogen) atoms. The number of nitrogens with one attached hydrogen (secondary N) is 1. The van der Waals surface area contributed by atoms with Gasteiger partial charge in [-0.2, -0.15) is 13.2 Å². The quantitative estimate of drug-likeness (QED) is 0.512. The molecule has 2 atom stereocenters. The minimum Gasteiger partial charge on any atom is -0.293 e. The van der Waals surface area contributed by atoms with Crippen LogP contribution >= 0.6 is 9.24 Å². The van der Waals surface area contributed by atoms with E-state index in [1.807, 2.05) is 0 Å². The SMILES string of the molecule is CC(C)(C)C(=O)c1c(F)ccc(S(=O)NCC(F)(F)F)c1P. The molecule has 0 amide bonds. The summed E-state index contributed by atoms with van der Waals surface area (Å²) < 4.78 is 64.1. The minimum atomic E-state index is -4.53. The van der Waals surface area contributed by atoms with Crippen LogP contribution < -0.4 is 10.0 Å². The van der Waals surface area contributed by atoms with E-state index in [2.05, 4.69) is 9.24 Å². The predicted molar refractivity (Wildman–Crippen MR) is 80.0 cm³/mol. The molecule has 0 aromatic heterocycles. The summed E-state index contributed by atoms with van der Waals surface area (Å²) in [5, 5.41) is -0.00654. The normalized spacial score (nSPS) is 14.0. The number of benzene rings is 1. The summed E-state index contributed by atoms with van der Waals surface area (Å²) >= 11 is 0. The van der Waals surface area contributed by atoms with E-state index >= 15 is 0 Å². The zero-order valence-corrected chi connectivity index (χ0v) is 14.1. The fourth-order valence-corrected chi connectivity index (χ4v) is 3.20. The smallest absolute Gasteiger partial charge is 0.293 e. The Bertz CT molecular complexity index is 611. The van der Waals surface area contributed by atoms with Crippen LogP contribution in [0.2, 0.25) is 0 Å². The Morgan fingerprint density at radius 3 is 2.27 bits per heavy atom. The Morgan fingerprint density at radius 2 is 1.82 bits per heavy atom. The van der Waals surface area contributed by atoms with Gasteiger partial charge in [-0.25, -0.2) is 13.3 Å². The zero-order valence-electron chi connectivity index (χ0n) is 12.2. The van der Waals surface area contributed by atoms with Crippen molar-refractivity contribution in [3.63, 3.8) is 0 Å². The summed E-state index contributed by atoms with van der Waals surface area (Å²) in [6.45, 7) is 3.31. The molecule has 0 aliphatic rings. The maximum atomic E-state index is 13.9. The monoisotopic (exact) mass is 357 g/mol. The van der Waals surface area contributed by atoms with Gasteiger partial charge in [0.05, 0.1) is 10.5 Å². The van der Waals surface area contributed by atoms with Crippen LogP contribution in [0, 0.1) is 11.2 Å². The lowest BCUT2D eigenvalue weighted by atomic mass is 9.86. The van der Waals surface area contributed by atoms with Crippen molar-refractivity contribution >= 4 is 31.3 Å². The summed E-state index contributed by atoms with van der Waals surface area (Å²) in [7, 11) is -0.134. The molecule has 0 aliphatic heterocycles. The Labute approximate surface area is 130 Å². The highest BCUT2D eigenvalue weighted by Gasteiger charge is 2.31. The molecular formula is C13H16F4NO2PS. The molecule has 0 aliphatic carbocycles. The zero-order chi connectivity index (χ0) is 17.3. The molecule has 1 N–H and O–H groups in total. The molecule has 2 unspecified atom stereocenters. The minimum absolute atomic E-state index is 0.00654. The average Bonchev–Trinajstić information content (AvgIpc) is 2.34. The Morgan fingerprint density at radius 1 is 1.27 bits per heavy atom. The standard InChI is InChI=1S/C13H16F4NO2PS/c1-12(2,3)11(19)9-7(14)4-5-8(10(9)21)22(20)18-6-13(15,16)17/h4-5,18H,6,21H2,1-3H3. The van der Waals surface area contributed by atoms with Crippen molar-refractivity contribution in [1.82, 2.24) is 4.72 Å². The lowest BCUT2D eigenvalue weighted by molar-refractivity contribution is -0.121.